The van der Waals surface area contributed by atoms with Crippen LogP contribution in [-0.2, 0) is 12.7 Å². The Morgan fingerprint density at radius 1 is 0.974 bits per heavy atom. The average Bonchev–Trinajstić information content (AvgIpc) is 2.86. The van der Waals surface area contributed by atoms with Crippen molar-refractivity contribution in [3.05, 3.63) is 111 Å². The standard InChI is InChI=1S/C27H15F5N4O2/c1-15-2-3-17(12-33)25(35-15)38-20-8-5-16(6-9-20)24-11-22(27(30,31)32)21(13-34)26(37)36(24)14-18-4-7-19(28)10-23(18)29/h2-11H,14H2,1H3. The number of aryl methyl sites for hydroxylation is 1. The van der Waals surface area contributed by atoms with E-state index in [1.54, 1.807) is 13.0 Å². The summed E-state index contributed by atoms with van der Waals surface area (Å²) in [6.07, 6.45) is -5.02. The van der Waals surface area contributed by atoms with E-state index in [0.29, 0.717) is 17.8 Å². The van der Waals surface area contributed by atoms with Crippen molar-refractivity contribution in [1.82, 2.24) is 9.55 Å². The normalized spacial score (nSPS) is 11.1. The molecular formula is C27H15F5N4O2. The number of alkyl halides is 3. The van der Waals surface area contributed by atoms with Crippen LogP contribution >= 0.6 is 0 Å². The summed E-state index contributed by atoms with van der Waals surface area (Å²) in [6, 6.07) is 15.1. The van der Waals surface area contributed by atoms with Crippen LogP contribution in [0.4, 0.5) is 22.0 Å². The Labute approximate surface area is 212 Å². The molecule has 0 N–H and O–H groups in total. The molecule has 11 heteroatoms. The van der Waals surface area contributed by atoms with Crippen LogP contribution in [0.3, 0.4) is 0 Å². The molecule has 0 aliphatic heterocycles. The Morgan fingerprint density at radius 3 is 2.29 bits per heavy atom. The third kappa shape index (κ3) is 5.22. The molecule has 0 atom stereocenters. The molecule has 4 aromatic rings. The maximum absolute atomic E-state index is 14.4. The van der Waals surface area contributed by atoms with Crippen LogP contribution in [0.15, 0.2) is 65.5 Å². The van der Waals surface area contributed by atoms with Crippen LogP contribution in [0.25, 0.3) is 11.3 Å². The number of hydrogen-bond acceptors (Lipinski definition) is 5. The van der Waals surface area contributed by atoms with Crippen molar-refractivity contribution in [1.29, 1.82) is 10.5 Å². The van der Waals surface area contributed by atoms with E-state index in [4.69, 9.17) is 4.74 Å². The Balaban J connectivity index is 1.84. The molecule has 6 nitrogen and oxygen atoms in total. The van der Waals surface area contributed by atoms with Crippen molar-refractivity contribution in [3.63, 3.8) is 0 Å². The molecule has 0 unspecified atom stereocenters. The summed E-state index contributed by atoms with van der Waals surface area (Å²) < 4.78 is 75.4. The van der Waals surface area contributed by atoms with Gasteiger partial charge < -0.3 is 9.30 Å². The van der Waals surface area contributed by atoms with E-state index < -0.39 is 41.0 Å². The van der Waals surface area contributed by atoms with Crippen molar-refractivity contribution in [2.24, 2.45) is 0 Å². The van der Waals surface area contributed by atoms with Crippen molar-refractivity contribution in [2.45, 2.75) is 19.6 Å². The Bertz CT molecular complexity index is 1680. The lowest BCUT2D eigenvalue weighted by Crippen LogP contribution is -2.29. The number of pyridine rings is 2. The van der Waals surface area contributed by atoms with Crippen LogP contribution in [0.2, 0.25) is 0 Å². The van der Waals surface area contributed by atoms with Gasteiger partial charge in [0, 0.05) is 17.3 Å². The molecule has 0 radical (unpaired) electrons. The maximum atomic E-state index is 14.4. The number of aromatic nitrogens is 2. The molecule has 38 heavy (non-hydrogen) atoms. The van der Waals surface area contributed by atoms with Crippen LogP contribution in [0, 0.1) is 41.2 Å². The van der Waals surface area contributed by atoms with Gasteiger partial charge in [0.15, 0.2) is 0 Å². The van der Waals surface area contributed by atoms with Crippen molar-refractivity contribution < 1.29 is 26.7 Å². The predicted octanol–water partition coefficient (Wildman–Crippen LogP) is 6.10. The van der Waals surface area contributed by atoms with Crippen molar-refractivity contribution in [3.8, 4) is 35.0 Å². The summed E-state index contributed by atoms with van der Waals surface area (Å²) in [7, 11) is 0. The first-order valence-corrected chi connectivity index (χ1v) is 10.9. The molecule has 190 valence electrons. The highest BCUT2D eigenvalue weighted by Crippen LogP contribution is 2.34. The van der Waals surface area contributed by atoms with Crippen LogP contribution in [-0.4, -0.2) is 9.55 Å². The minimum absolute atomic E-state index is 0.0293. The molecule has 0 aliphatic rings. The summed E-state index contributed by atoms with van der Waals surface area (Å²) in [4.78, 5) is 17.2. The Morgan fingerprint density at radius 2 is 1.68 bits per heavy atom. The SMILES string of the molecule is Cc1ccc(C#N)c(Oc2ccc(-c3cc(C(F)(F)F)c(C#N)c(=O)n3Cc3ccc(F)cc3F)cc2)n1. The summed E-state index contributed by atoms with van der Waals surface area (Å²) in [6.45, 7) is 1.13. The van der Waals surface area contributed by atoms with Crippen LogP contribution < -0.4 is 10.3 Å². The van der Waals surface area contributed by atoms with Gasteiger partial charge in [-0.05, 0) is 61.0 Å². The highest BCUT2D eigenvalue weighted by atomic mass is 19.4. The van der Waals surface area contributed by atoms with E-state index >= 15 is 0 Å². The van der Waals surface area contributed by atoms with E-state index in [2.05, 4.69) is 4.98 Å². The fourth-order valence-electron chi connectivity index (χ4n) is 3.70. The smallest absolute Gasteiger partial charge is 0.417 e. The monoisotopic (exact) mass is 522 g/mol. The van der Waals surface area contributed by atoms with Gasteiger partial charge in [-0.2, -0.15) is 23.7 Å². The minimum Gasteiger partial charge on any atom is -0.438 e. The second-order valence-corrected chi connectivity index (χ2v) is 8.10. The first kappa shape index (κ1) is 26.0. The third-order valence-electron chi connectivity index (χ3n) is 5.55. The molecule has 0 saturated heterocycles. The summed E-state index contributed by atoms with van der Waals surface area (Å²) in [5.41, 5.74) is -3.46. The molecule has 4 rings (SSSR count). The highest BCUT2D eigenvalue weighted by molar-refractivity contribution is 5.64. The summed E-state index contributed by atoms with van der Waals surface area (Å²) >= 11 is 0. The van der Waals surface area contributed by atoms with Gasteiger partial charge in [-0.15, -0.1) is 0 Å². The maximum Gasteiger partial charge on any atom is 0.417 e. The minimum atomic E-state index is -5.02. The topological polar surface area (TPSA) is 91.7 Å². The fraction of sp³-hybridized carbons (Fsp3) is 0.111. The number of halogens is 5. The van der Waals surface area contributed by atoms with E-state index in [1.807, 2.05) is 6.07 Å². The number of ether oxygens (including phenoxy) is 1. The molecule has 2 heterocycles. The zero-order valence-electron chi connectivity index (χ0n) is 19.5. The van der Waals surface area contributed by atoms with Gasteiger partial charge in [-0.25, -0.2) is 13.8 Å². The number of rotatable bonds is 5. The highest BCUT2D eigenvalue weighted by Gasteiger charge is 2.36. The lowest BCUT2D eigenvalue weighted by molar-refractivity contribution is -0.137. The van der Waals surface area contributed by atoms with Crippen molar-refractivity contribution >= 4 is 0 Å². The molecule has 0 aliphatic carbocycles. The summed E-state index contributed by atoms with van der Waals surface area (Å²) in [5.74, 6) is -1.65. The van der Waals surface area contributed by atoms with Crippen LogP contribution in [0.5, 0.6) is 11.6 Å². The van der Waals surface area contributed by atoms with Crippen molar-refractivity contribution in [2.75, 3.05) is 0 Å². The Hall–Kier alpha value is -5.03. The Kier molecular flexibility index (Phi) is 6.96. The lowest BCUT2D eigenvalue weighted by atomic mass is 10.0. The van der Waals surface area contributed by atoms with E-state index in [1.165, 1.54) is 36.4 Å². The van der Waals surface area contributed by atoms with Gasteiger partial charge in [-0.3, -0.25) is 4.79 Å². The number of hydrogen-bond donors (Lipinski definition) is 0. The quantitative estimate of drug-likeness (QED) is 0.296. The molecular weight excluding hydrogens is 507 g/mol. The largest absolute Gasteiger partial charge is 0.438 e. The van der Waals surface area contributed by atoms with Gasteiger partial charge in [-0.1, -0.05) is 6.07 Å². The number of nitrogens with zero attached hydrogens (tertiary/aromatic N) is 4. The van der Waals surface area contributed by atoms with E-state index in [9.17, 15) is 37.3 Å². The second-order valence-electron chi connectivity index (χ2n) is 8.10. The molecule has 0 saturated carbocycles. The lowest BCUT2D eigenvalue weighted by Gasteiger charge is -2.18. The third-order valence-corrected chi connectivity index (χ3v) is 5.55. The number of benzene rings is 2. The zero-order valence-corrected chi connectivity index (χ0v) is 19.5. The molecule has 0 fully saturated rings. The van der Waals surface area contributed by atoms with Gasteiger partial charge >= 0.3 is 6.18 Å². The number of nitriles is 2. The molecule has 0 amide bonds. The van der Waals surface area contributed by atoms with E-state index in [-0.39, 0.29) is 34.0 Å². The second kappa shape index (κ2) is 10.1. The first-order valence-electron chi connectivity index (χ1n) is 10.9. The molecule has 0 spiro atoms. The van der Waals surface area contributed by atoms with Gasteiger partial charge in [0.25, 0.3) is 5.56 Å². The van der Waals surface area contributed by atoms with Crippen LogP contribution in [0.1, 0.15) is 27.9 Å². The zero-order chi connectivity index (χ0) is 27.6. The van der Waals surface area contributed by atoms with Gasteiger partial charge in [0.1, 0.15) is 40.6 Å². The summed E-state index contributed by atoms with van der Waals surface area (Å²) in [5, 5.41) is 18.6. The first-order chi connectivity index (χ1) is 18.0. The molecule has 2 aromatic carbocycles. The van der Waals surface area contributed by atoms with Gasteiger partial charge in [0.2, 0.25) is 5.88 Å². The average molecular weight is 522 g/mol. The molecule has 2 aromatic heterocycles. The molecule has 0 bridgehead atoms. The fourth-order valence-corrected chi connectivity index (χ4v) is 3.70. The predicted molar refractivity (Wildman–Crippen MR) is 125 cm³/mol. The van der Waals surface area contributed by atoms with E-state index in [0.717, 1.165) is 16.7 Å². The van der Waals surface area contributed by atoms with Gasteiger partial charge in [0.05, 0.1) is 17.8 Å².